The minimum absolute atomic E-state index is 0.454. The van der Waals surface area contributed by atoms with Crippen LogP contribution in [0.4, 0.5) is 0 Å². The Labute approximate surface area is 66.2 Å². The second-order valence-corrected chi connectivity index (χ2v) is 3.33. The molecule has 0 radical (unpaired) electrons. The first kappa shape index (κ1) is 6.85. The van der Waals surface area contributed by atoms with Crippen molar-refractivity contribution in [2.75, 3.05) is 0 Å². The normalized spacial score (nSPS) is 29.9. The maximum absolute atomic E-state index is 5.67. The number of nitrogens with two attached hydrogens (primary N) is 1. The van der Waals surface area contributed by atoms with Gasteiger partial charge in [-0.1, -0.05) is 0 Å². The molecule has 0 bridgehead atoms. The monoisotopic (exact) mass is 151 g/mol. The molecule has 1 aliphatic carbocycles. The highest BCUT2D eigenvalue weighted by molar-refractivity contribution is 4.84. The van der Waals surface area contributed by atoms with Crippen molar-refractivity contribution in [3.63, 3.8) is 0 Å². The lowest BCUT2D eigenvalue weighted by molar-refractivity contribution is 0.227. The summed E-state index contributed by atoms with van der Waals surface area (Å²) < 4.78 is 1.98. The molecule has 1 heterocycles. The van der Waals surface area contributed by atoms with Crippen LogP contribution in [0.15, 0.2) is 18.5 Å². The quantitative estimate of drug-likeness (QED) is 0.673. The van der Waals surface area contributed by atoms with Gasteiger partial charge in [-0.25, -0.2) is 0 Å². The third kappa shape index (κ3) is 1.43. The van der Waals surface area contributed by atoms with E-state index in [0.717, 1.165) is 12.5 Å². The van der Waals surface area contributed by atoms with Gasteiger partial charge in [0.2, 0.25) is 0 Å². The number of hydrogen-bond acceptors (Lipinski definition) is 2. The van der Waals surface area contributed by atoms with E-state index in [2.05, 4.69) is 5.10 Å². The molecule has 0 atom stereocenters. The molecule has 60 valence electrons. The van der Waals surface area contributed by atoms with E-state index < -0.39 is 0 Å². The summed E-state index contributed by atoms with van der Waals surface area (Å²) in [5.41, 5.74) is 5.67. The van der Waals surface area contributed by atoms with Crippen LogP contribution in [0.3, 0.4) is 0 Å². The summed E-state index contributed by atoms with van der Waals surface area (Å²) >= 11 is 0. The molecule has 1 aromatic rings. The predicted octanol–water partition coefficient (Wildman–Crippen LogP) is 0.620. The zero-order valence-corrected chi connectivity index (χ0v) is 6.48. The number of aromatic nitrogens is 2. The summed E-state index contributed by atoms with van der Waals surface area (Å²) in [4.78, 5) is 0. The maximum Gasteiger partial charge on any atom is 0.0489 e. The Morgan fingerprint density at radius 1 is 1.55 bits per heavy atom. The van der Waals surface area contributed by atoms with Crippen molar-refractivity contribution in [1.82, 2.24) is 9.78 Å². The first-order valence-corrected chi connectivity index (χ1v) is 4.07. The highest BCUT2D eigenvalue weighted by Gasteiger charge is 2.25. The van der Waals surface area contributed by atoms with E-state index >= 15 is 0 Å². The van der Waals surface area contributed by atoms with Gasteiger partial charge in [0.25, 0.3) is 0 Å². The highest BCUT2D eigenvalue weighted by atomic mass is 15.3. The van der Waals surface area contributed by atoms with E-state index in [1.165, 1.54) is 12.8 Å². The van der Waals surface area contributed by atoms with Gasteiger partial charge in [-0.15, -0.1) is 0 Å². The molecule has 1 aliphatic rings. The molecule has 1 aromatic heterocycles. The molecular weight excluding hydrogens is 138 g/mol. The van der Waals surface area contributed by atoms with Gasteiger partial charge in [0.05, 0.1) is 0 Å². The van der Waals surface area contributed by atoms with Gasteiger partial charge in [0, 0.05) is 25.0 Å². The lowest BCUT2D eigenvalue weighted by atomic mass is 9.81. The molecule has 3 nitrogen and oxygen atoms in total. The molecule has 0 amide bonds. The molecule has 0 unspecified atom stereocenters. The largest absolute Gasteiger partial charge is 0.328 e. The van der Waals surface area contributed by atoms with Gasteiger partial charge < -0.3 is 5.73 Å². The van der Waals surface area contributed by atoms with E-state index in [0.29, 0.717) is 6.04 Å². The van der Waals surface area contributed by atoms with Crippen molar-refractivity contribution in [3.05, 3.63) is 18.5 Å². The summed E-state index contributed by atoms with van der Waals surface area (Å²) in [6, 6.07) is 2.41. The maximum atomic E-state index is 5.67. The standard InChI is InChI=1S/C8H13N3/c9-8-4-7(5-8)6-11-3-1-2-10-11/h1-3,7-8H,4-6,9H2. The van der Waals surface area contributed by atoms with Crippen molar-refractivity contribution in [2.45, 2.75) is 25.4 Å². The van der Waals surface area contributed by atoms with Crippen molar-refractivity contribution < 1.29 is 0 Å². The van der Waals surface area contributed by atoms with Gasteiger partial charge in [0.15, 0.2) is 0 Å². The van der Waals surface area contributed by atoms with Crippen LogP contribution in [0.1, 0.15) is 12.8 Å². The van der Waals surface area contributed by atoms with E-state index in [4.69, 9.17) is 5.73 Å². The summed E-state index contributed by atoms with van der Waals surface area (Å²) in [5, 5.41) is 4.14. The Morgan fingerprint density at radius 2 is 2.36 bits per heavy atom. The molecule has 0 aromatic carbocycles. The Morgan fingerprint density at radius 3 is 2.91 bits per heavy atom. The van der Waals surface area contributed by atoms with Crippen LogP contribution in [0.25, 0.3) is 0 Å². The van der Waals surface area contributed by atoms with E-state index in [-0.39, 0.29) is 0 Å². The van der Waals surface area contributed by atoms with Crippen molar-refractivity contribution in [3.8, 4) is 0 Å². The molecule has 0 spiro atoms. The average Bonchev–Trinajstić information content (AvgIpc) is 2.36. The van der Waals surface area contributed by atoms with Crippen molar-refractivity contribution in [2.24, 2.45) is 11.7 Å². The molecule has 3 heteroatoms. The fourth-order valence-corrected chi connectivity index (χ4v) is 1.61. The van der Waals surface area contributed by atoms with Gasteiger partial charge in [0.1, 0.15) is 0 Å². The van der Waals surface area contributed by atoms with Gasteiger partial charge >= 0.3 is 0 Å². The third-order valence-electron chi connectivity index (χ3n) is 2.28. The van der Waals surface area contributed by atoms with E-state index in [1.54, 1.807) is 0 Å². The number of hydrogen-bond donors (Lipinski definition) is 1. The molecule has 0 saturated heterocycles. The molecular formula is C8H13N3. The highest BCUT2D eigenvalue weighted by Crippen LogP contribution is 2.26. The summed E-state index contributed by atoms with van der Waals surface area (Å²) in [6.07, 6.45) is 6.15. The third-order valence-corrected chi connectivity index (χ3v) is 2.28. The molecule has 2 N–H and O–H groups in total. The Kier molecular flexibility index (Phi) is 1.66. The van der Waals surface area contributed by atoms with Crippen LogP contribution < -0.4 is 5.73 Å². The van der Waals surface area contributed by atoms with Crippen molar-refractivity contribution >= 4 is 0 Å². The first-order valence-electron chi connectivity index (χ1n) is 4.07. The Hall–Kier alpha value is -0.830. The number of nitrogens with zero attached hydrogens (tertiary/aromatic N) is 2. The lowest BCUT2D eigenvalue weighted by Gasteiger charge is -2.32. The number of rotatable bonds is 2. The van der Waals surface area contributed by atoms with Crippen LogP contribution in [0.5, 0.6) is 0 Å². The van der Waals surface area contributed by atoms with Gasteiger partial charge in [-0.2, -0.15) is 5.10 Å². The second-order valence-electron chi connectivity index (χ2n) is 3.33. The zero-order valence-electron chi connectivity index (χ0n) is 6.48. The molecule has 11 heavy (non-hydrogen) atoms. The summed E-state index contributed by atoms with van der Waals surface area (Å²) in [5.74, 6) is 0.768. The fourth-order valence-electron chi connectivity index (χ4n) is 1.61. The van der Waals surface area contributed by atoms with E-state index in [1.807, 2.05) is 23.1 Å². The molecule has 0 aliphatic heterocycles. The fraction of sp³-hybridized carbons (Fsp3) is 0.625. The topological polar surface area (TPSA) is 43.8 Å². The SMILES string of the molecule is NC1CC(Cn2cccn2)C1. The molecule has 1 fully saturated rings. The minimum Gasteiger partial charge on any atom is -0.328 e. The summed E-state index contributed by atoms with van der Waals surface area (Å²) in [7, 11) is 0. The minimum atomic E-state index is 0.454. The van der Waals surface area contributed by atoms with Crippen LogP contribution >= 0.6 is 0 Å². The van der Waals surface area contributed by atoms with Crippen LogP contribution in [0.2, 0.25) is 0 Å². The van der Waals surface area contributed by atoms with Crippen LogP contribution in [-0.4, -0.2) is 15.8 Å². The second kappa shape index (κ2) is 2.66. The average molecular weight is 151 g/mol. The lowest BCUT2D eigenvalue weighted by Crippen LogP contribution is -2.38. The van der Waals surface area contributed by atoms with Gasteiger partial charge in [-0.3, -0.25) is 4.68 Å². The van der Waals surface area contributed by atoms with E-state index in [9.17, 15) is 0 Å². The predicted molar refractivity (Wildman–Crippen MR) is 42.9 cm³/mol. The molecule has 1 saturated carbocycles. The first-order chi connectivity index (χ1) is 5.34. The Balaban J connectivity index is 1.84. The Bertz CT molecular complexity index is 211. The van der Waals surface area contributed by atoms with Crippen LogP contribution in [0, 0.1) is 5.92 Å². The van der Waals surface area contributed by atoms with Crippen LogP contribution in [-0.2, 0) is 6.54 Å². The molecule has 2 rings (SSSR count). The zero-order chi connectivity index (χ0) is 7.68. The van der Waals surface area contributed by atoms with Crippen molar-refractivity contribution in [1.29, 1.82) is 0 Å². The summed E-state index contributed by atoms with van der Waals surface area (Å²) in [6.45, 7) is 1.04. The smallest absolute Gasteiger partial charge is 0.0489 e. The van der Waals surface area contributed by atoms with Gasteiger partial charge in [-0.05, 0) is 24.8 Å².